The highest BCUT2D eigenvalue weighted by atomic mass is 15.0. The Kier molecular flexibility index (Phi) is 5.50. The van der Waals surface area contributed by atoms with E-state index >= 15 is 0 Å². The van der Waals surface area contributed by atoms with Gasteiger partial charge in [-0.15, -0.1) is 0 Å². The van der Waals surface area contributed by atoms with Gasteiger partial charge in [-0.1, -0.05) is 109 Å². The van der Waals surface area contributed by atoms with Crippen LogP contribution in [0.3, 0.4) is 0 Å². The summed E-state index contributed by atoms with van der Waals surface area (Å²) in [5, 5.41) is 4.85. The molecule has 3 nitrogen and oxygen atoms in total. The Labute approximate surface area is 254 Å². The standard InChI is InChI=1S/C41H27N3/c1-3-12-28(13-4-1)29-14-9-17-32(26-29)44-39-27-30(23-24-35(39)37-21-11-25-42-41(37)44)33-19-10-20-36-34-18-7-8-22-38(34)43(40(33)36)31-15-5-2-6-16-31/h1-27H. The van der Waals surface area contributed by atoms with E-state index in [-0.39, 0.29) is 0 Å². The molecule has 9 rings (SSSR count). The molecule has 9 aromatic rings. The molecule has 0 unspecified atom stereocenters. The predicted octanol–water partition coefficient (Wildman–Crippen LogP) is 10.6. The molecule has 0 bridgehead atoms. The van der Waals surface area contributed by atoms with Gasteiger partial charge in [-0.3, -0.25) is 4.57 Å². The molecule has 0 amide bonds. The van der Waals surface area contributed by atoms with Crippen LogP contribution in [0.2, 0.25) is 0 Å². The summed E-state index contributed by atoms with van der Waals surface area (Å²) in [5.74, 6) is 0. The van der Waals surface area contributed by atoms with E-state index in [4.69, 9.17) is 4.98 Å². The lowest BCUT2D eigenvalue weighted by Crippen LogP contribution is -1.97. The molecule has 0 radical (unpaired) electrons. The molecule has 0 saturated heterocycles. The van der Waals surface area contributed by atoms with Gasteiger partial charge in [0.2, 0.25) is 0 Å². The molecule has 0 N–H and O–H groups in total. The van der Waals surface area contributed by atoms with E-state index in [1.807, 2.05) is 12.3 Å². The molecule has 44 heavy (non-hydrogen) atoms. The number of fused-ring (bicyclic) bond motifs is 6. The topological polar surface area (TPSA) is 22.8 Å². The van der Waals surface area contributed by atoms with Crippen molar-refractivity contribution in [1.29, 1.82) is 0 Å². The van der Waals surface area contributed by atoms with Crippen LogP contribution in [0.5, 0.6) is 0 Å². The summed E-state index contributed by atoms with van der Waals surface area (Å²) in [6, 6.07) is 56.5. The Morgan fingerprint density at radius 1 is 0.386 bits per heavy atom. The average Bonchev–Trinajstić information content (AvgIpc) is 3.62. The van der Waals surface area contributed by atoms with Gasteiger partial charge in [-0.25, -0.2) is 4.98 Å². The van der Waals surface area contributed by atoms with E-state index in [1.54, 1.807) is 0 Å². The minimum absolute atomic E-state index is 0.960. The lowest BCUT2D eigenvalue weighted by molar-refractivity contribution is 1.14. The molecule has 0 atom stereocenters. The third-order valence-corrected chi connectivity index (χ3v) is 8.76. The molecular weight excluding hydrogens is 534 g/mol. The first-order chi connectivity index (χ1) is 21.8. The number of rotatable bonds is 4. The molecule has 3 heteroatoms. The van der Waals surface area contributed by atoms with Crippen molar-refractivity contribution in [2.45, 2.75) is 0 Å². The van der Waals surface area contributed by atoms with Crippen molar-refractivity contribution < 1.29 is 0 Å². The number of hydrogen-bond donors (Lipinski definition) is 0. The summed E-state index contributed by atoms with van der Waals surface area (Å²) in [4.78, 5) is 4.89. The van der Waals surface area contributed by atoms with Gasteiger partial charge in [0.15, 0.2) is 0 Å². The Hall–Kier alpha value is -5.93. The molecule has 0 spiro atoms. The van der Waals surface area contributed by atoms with E-state index in [2.05, 4.69) is 161 Å². The first-order valence-corrected chi connectivity index (χ1v) is 15.0. The van der Waals surface area contributed by atoms with Crippen LogP contribution in [0, 0.1) is 0 Å². The Morgan fingerprint density at radius 3 is 1.95 bits per heavy atom. The number of para-hydroxylation sites is 3. The first-order valence-electron chi connectivity index (χ1n) is 15.0. The van der Waals surface area contributed by atoms with E-state index in [0.717, 1.165) is 27.9 Å². The van der Waals surface area contributed by atoms with E-state index in [0.29, 0.717) is 0 Å². The highest BCUT2D eigenvalue weighted by Gasteiger charge is 2.19. The number of benzene rings is 6. The van der Waals surface area contributed by atoms with Crippen LogP contribution in [0.15, 0.2) is 164 Å². The van der Waals surface area contributed by atoms with Crippen molar-refractivity contribution in [2.75, 3.05) is 0 Å². The van der Waals surface area contributed by atoms with Crippen LogP contribution in [0.25, 0.3) is 77.4 Å². The molecule has 3 aromatic heterocycles. The first kappa shape index (κ1) is 24.6. The smallest absolute Gasteiger partial charge is 0.145 e. The van der Waals surface area contributed by atoms with Crippen LogP contribution in [0.1, 0.15) is 0 Å². The van der Waals surface area contributed by atoms with Gasteiger partial charge in [-0.2, -0.15) is 0 Å². The summed E-state index contributed by atoms with van der Waals surface area (Å²) in [6.07, 6.45) is 1.89. The summed E-state index contributed by atoms with van der Waals surface area (Å²) in [7, 11) is 0. The highest BCUT2D eigenvalue weighted by molar-refractivity contribution is 6.15. The zero-order chi connectivity index (χ0) is 29.0. The molecule has 0 aliphatic rings. The number of nitrogens with zero attached hydrogens (tertiary/aromatic N) is 3. The summed E-state index contributed by atoms with van der Waals surface area (Å²) in [6.45, 7) is 0. The van der Waals surface area contributed by atoms with Gasteiger partial charge >= 0.3 is 0 Å². The molecule has 0 fully saturated rings. The van der Waals surface area contributed by atoms with Crippen LogP contribution >= 0.6 is 0 Å². The quantitative estimate of drug-likeness (QED) is 0.210. The van der Waals surface area contributed by atoms with Gasteiger partial charge < -0.3 is 4.57 Å². The molecule has 3 heterocycles. The highest BCUT2D eigenvalue weighted by Crippen LogP contribution is 2.40. The summed E-state index contributed by atoms with van der Waals surface area (Å²) in [5.41, 5.74) is 11.5. The maximum absolute atomic E-state index is 4.89. The number of pyridine rings is 1. The van der Waals surface area contributed by atoms with Gasteiger partial charge in [-0.05, 0) is 65.2 Å². The second-order valence-corrected chi connectivity index (χ2v) is 11.2. The number of hydrogen-bond acceptors (Lipinski definition) is 1. The van der Waals surface area contributed by atoms with Crippen molar-refractivity contribution in [3.8, 4) is 33.6 Å². The normalized spacial score (nSPS) is 11.6. The predicted molar refractivity (Wildman–Crippen MR) is 184 cm³/mol. The third-order valence-electron chi connectivity index (χ3n) is 8.76. The van der Waals surface area contributed by atoms with Crippen LogP contribution < -0.4 is 0 Å². The van der Waals surface area contributed by atoms with Crippen molar-refractivity contribution in [3.05, 3.63) is 164 Å². The maximum atomic E-state index is 4.89. The second kappa shape index (κ2) is 9.82. The zero-order valence-electron chi connectivity index (χ0n) is 23.9. The summed E-state index contributed by atoms with van der Waals surface area (Å²) < 4.78 is 4.72. The lowest BCUT2D eigenvalue weighted by atomic mass is 10.0. The number of aromatic nitrogens is 3. The summed E-state index contributed by atoms with van der Waals surface area (Å²) >= 11 is 0. The largest absolute Gasteiger partial charge is 0.309 e. The fraction of sp³-hybridized carbons (Fsp3) is 0. The SMILES string of the molecule is c1ccc(-c2cccc(-n3c4cc(-c5cccc6c7ccccc7n(-c7ccccc7)c56)ccc4c4cccnc43)c2)cc1. The average molecular weight is 562 g/mol. The van der Waals surface area contributed by atoms with Crippen molar-refractivity contribution in [1.82, 2.24) is 14.1 Å². The monoisotopic (exact) mass is 561 g/mol. The van der Waals surface area contributed by atoms with E-state index in [1.165, 1.54) is 49.4 Å². The molecule has 6 aromatic carbocycles. The van der Waals surface area contributed by atoms with Crippen LogP contribution in [-0.4, -0.2) is 14.1 Å². The third kappa shape index (κ3) is 3.73. The van der Waals surface area contributed by atoms with Crippen molar-refractivity contribution in [3.63, 3.8) is 0 Å². The van der Waals surface area contributed by atoms with Crippen molar-refractivity contribution >= 4 is 43.7 Å². The molecule has 0 saturated carbocycles. The Morgan fingerprint density at radius 2 is 1.07 bits per heavy atom. The van der Waals surface area contributed by atoms with Gasteiger partial charge in [0.05, 0.1) is 16.6 Å². The lowest BCUT2D eigenvalue weighted by Gasteiger charge is -2.13. The zero-order valence-corrected chi connectivity index (χ0v) is 23.9. The molecular formula is C41H27N3. The van der Waals surface area contributed by atoms with Crippen molar-refractivity contribution in [2.24, 2.45) is 0 Å². The minimum Gasteiger partial charge on any atom is -0.309 e. The van der Waals surface area contributed by atoms with Crippen LogP contribution in [-0.2, 0) is 0 Å². The van der Waals surface area contributed by atoms with E-state index in [9.17, 15) is 0 Å². The fourth-order valence-corrected chi connectivity index (χ4v) is 6.82. The van der Waals surface area contributed by atoms with Gasteiger partial charge in [0.1, 0.15) is 5.65 Å². The minimum atomic E-state index is 0.960. The van der Waals surface area contributed by atoms with Gasteiger partial charge in [0, 0.05) is 44.7 Å². The Balaban J connectivity index is 1.33. The molecule has 206 valence electrons. The van der Waals surface area contributed by atoms with Crippen LogP contribution in [0.4, 0.5) is 0 Å². The van der Waals surface area contributed by atoms with Gasteiger partial charge in [0.25, 0.3) is 0 Å². The van der Waals surface area contributed by atoms with E-state index < -0.39 is 0 Å². The Bertz CT molecular complexity index is 2480. The maximum Gasteiger partial charge on any atom is 0.145 e. The molecule has 0 aliphatic heterocycles. The molecule has 0 aliphatic carbocycles. The fourth-order valence-electron chi connectivity index (χ4n) is 6.82. The second-order valence-electron chi connectivity index (χ2n) is 11.2.